The van der Waals surface area contributed by atoms with Gasteiger partial charge in [0.15, 0.2) is 0 Å². The molecule has 82 valence electrons. The molecule has 2 rings (SSSR count). The highest BCUT2D eigenvalue weighted by Crippen LogP contribution is 2.22. The fourth-order valence-electron chi connectivity index (χ4n) is 1.15. The largest absolute Gasteiger partial charge is 0.378 e. The SMILES string of the molecule is O=[N+]([O-])c1cc(CNc2cncnc2)cs1. The van der Waals surface area contributed by atoms with Gasteiger partial charge in [-0.1, -0.05) is 11.3 Å². The number of thiophene rings is 1. The minimum atomic E-state index is -0.389. The molecule has 6 nitrogen and oxygen atoms in total. The second kappa shape index (κ2) is 4.67. The topological polar surface area (TPSA) is 81.0 Å². The molecule has 0 aliphatic carbocycles. The average molecular weight is 236 g/mol. The maximum absolute atomic E-state index is 10.5. The van der Waals surface area contributed by atoms with Gasteiger partial charge >= 0.3 is 5.00 Å². The lowest BCUT2D eigenvalue weighted by atomic mass is 10.3. The van der Waals surface area contributed by atoms with Crippen molar-refractivity contribution in [3.63, 3.8) is 0 Å². The van der Waals surface area contributed by atoms with E-state index in [1.165, 1.54) is 6.33 Å². The van der Waals surface area contributed by atoms with Gasteiger partial charge in [-0.05, 0) is 5.56 Å². The van der Waals surface area contributed by atoms with Gasteiger partial charge < -0.3 is 5.32 Å². The van der Waals surface area contributed by atoms with Gasteiger partial charge in [-0.3, -0.25) is 10.1 Å². The summed E-state index contributed by atoms with van der Waals surface area (Å²) in [6, 6.07) is 1.56. The van der Waals surface area contributed by atoms with Crippen molar-refractivity contribution in [1.82, 2.24) is 9.97 Å². The van der Waals surface area contributed by atoms with E-state index < -0.39 is 0 Å². The van der Waals surface area contributed by atoms with E-state index in [9.17, 15) is 10.1 Å². The van der Waals surface area contributed by atoms with E-state index in [1.807, 2.05) is 0 Å². The summed E-state index contributed by atoms with van der Waals surface area (Å²) in [5.74, 6) is 0. The van der Waals surface area contributed by atoms with Crippen LogP contribution < -0.4 is 5.32 Å². The zero-order valence-electron chi connectivity index (χ0n) is 8.16. The van der Waals surface area contributed by atoms with E-state index >= 15 is 0 Å². The maximum atomic E-state index is 10.5. The quantitative estimate of drug-likeness (QED) is 0.649. The molecule has 0 fully saturated rings. The molecule has 0 atom stereocenters. The molecule has 2 heterocycles. The smallest absolute Gasteiger partial charge is 0.324 e. The lowest BCUT2D eigenvalue weighted by molar-refractivity contribution is -0.380. The lowest BCUT2D eigenvalue weighted by Gasteiger charge is -2.01. The Hall–Kier alpha value is -2.02. The van der Waals surface area contributed by atoms with Crippen molar-refractivity contribution in [2.75, 3.05) is 5.32 Å². The molecule has 0 aliphatic rings. The fourth-order valence-corrected chi connectivity index (χ4v) is 1.87. The minimum absolute atomic E-state index is 0.154. The van der Waals surface area contributed by atoms with Crippen molar-refractivity contribution in [2.45, 2.75) is 6.54 Å². The molecule has 0 bridgehead atoms. The van der Waals surface area contributed by atoms with Crippen molar-refractivity contribution in [1.29, 1.82) is 0 Å². The molecule has 7 heteroatoms. The molecule has 0 radical (unpaired) electrons. The molecule has 0 amide bonds. The highest BCUT2D eigenvalue weighted by atomic mass is 32.1. The van der Waals surface area contributed by atoms with Gasteiger partial charge in [0.2, 0.25) is 0 Å². The number of nitrogens with one attached hydrogen (secondary N) is 1. The third-order valence-electron chi connectivity index (χ3n) is 1.88. The molecule has 0 saturated carbocycles. The van der Waals surface area contributed by atoms with Crippen LogP contribution in [0.3, 0.4) is 0 Å². The van der Waals surface area contributed by atoms with Gasteiger partial charge in [0, 0.05) is 18.0 Å². The molecule has 0 aliphatic heterocycles. The first-order valence-corrected chi connectivity index (χ1v) is 5.34. The molecule has 0 saturated heterocycles. The predicted octanol–water partition coefficient (Wildman–Crippen LogP) is 2.06. The monoisotopic (exact) mass is 236 g/mol. The summed E-state index contributed by atoms with van der Waals surface area (Å²) in [7, 11) is 0. The predicted molar refractivity (Wildman–Crippen MR) is 60.3 cm³/mol. The third-order valence-corrected chi connectivity index (χ3v) is 2.81. The van der Waals surface area contributed by atoms with Gasteiger partial charge in [0.05, 0.1) is 23.0 Å². The Balaban J connectivity index is 1.97. The summed E-state index contributed by atoms with van der Waals surface area (Å²) >= 11 is 1.12. The van der Waals surface area contributed by atoms with Gasteiger partial charge in [-0.15, -0.1) is 0 Å². The summed E-state index contributed by atoms with van der Waals surface area (Å²) in [5.41, 5.74) is 1.66. The standard InChI is InChI=1S/C9H8N4O2S/c14-13(15)9-1-7(5-16-9)2-12-8-3-10-6-11-4-8/h1,3-6,12H,2H2. The molecular weight excluding hydrogens is 228 g/mol. The van der Waals surface area contributed by atoms with E-state index in [4.69, 9.17) is 0 Å². The van der Waals surface area contributed by atoms with Crippen LogP contribution in [-0.2, 0) is 6.54 Å². The number of aromatic nitrogens is 2. The van der Waals surface area contributed by atoms with Crippen molar-refractivity contribution >= 4 is 22.0 Å². The molecule has 0 spiro atoms. The summed E-state index contributed by atoms with van der Waals surface area (Å²) in [6.45, 7) is 0.526. The Bertz CT molecular complexity index is 485. The van der Waals surface area contributed by atoms with Crippen LogP contribution in [0.2, 0.25) is 0 Å². The lowest BCUT2D eigenvalue weighted by Crippen LogP contribution is -1.98. The zero-order chi connectivity index (χ0) is 11.4. The van der Waals surface area contributed by atoms with Crippen molar-refractivity contribution in [3.8, 4) is 0 Å². The van der Waals surface area contributed by atoms with Gasteiger partial charge in [0.25, 0.3) is 0 Å². The van der Waals surface area contributed by atoms with E-state index in [-0.39, 0.29) is 9.92 Å². The van der Waals surface area contributed by atoms with Crippen LogP contribution in [0.25, 0.3) is 0 Å². The average Bonchev–Trinajstić information content (AvgIpc) is 2.76. The third kappa shape index (κ3) is 2.51. The summed E-state index contributed by atoms with van der Waals surface area (Å²) < 4.78 is 0. The number of hydrogen-bond acceptors (Lipinski definition) is 6. The minimum Gasteiger partial charge on any atom is -0.378 e. The Morgan fingerprint density at radius 1 is 1.44 bits per heavy atom. The van der Waals surface area contributed by atoms with Crippen molar-refractivity contribution in [2.24, 2.45) is 0 Å². The molecule has 16 heavy (non-hydrogen) atoms. The first-order chi connectivity index (χ1) is 7.75. The van der Waals surface area contributed by atoms with Crippen LogP contribution in [0, 0.1) is 10.1 Å². The molecule has 0 aromatic carbocycles. The fraction of sp³-hybridized carbons (Fsp3) is 0.111. The summed E-state index contributed by atoms with van der Waals surface area (Å²) in [4.78, 5) is 17.8. The normalized spacial score (nSPS) is 10.0. The highest BCUT2D eigenvalue weighted by molar-refractivity contribution is 7.13. The number of anilines is 1. The Labute approximate surface area is 95.1 Å². The number of nitro groups is 1. The van der Waals surface area contributed by atoms with E-state index in [0.29, 0.717) is 6.54 Å². The zero-order valence-corrected chi connectivity index (χ0v) is 8.98. The molecular formula is C9H8N4O2S. The van der Waals surface area contributed by atoms with Crippen molar-refractivity contribution < 1.29 is 4.92 Å². The second-order valence-electron chi connectivity index (χ2n) is 3.03. The number of nitrogens with zero attached hydrogens (tertiary/aromatic N) is 3. The Morgan fingerprint density at radius 3 is 2.81 bits per heavy atom. The first-order valence-electron chi connectivity index (χ1n) is 4.46. The van der Waals surface area contributed by atoms with Crippen LogP contribution >= 0.6 is 11.3 Å². The molecule has 1 N–H and O–H groups in total. The molecule has 2 aromatic heterocycles. The summed E-state index contributed by atoms with van der Waals surface area (Å²) in [5, 5.41) is 15.4. The van der Waals surface area contributed by atoms with Crippen LogP contribution in [0.1, 0.15) is 5.56 Å². The van der Waals surface area contributed by atoms with Crippen LogP contribution in [0.5, 0.6) is 0 Å². The van der Waals surface area contributed by atoms with Gasteiger partial charge in [-0.2, -0.15) is 0 Å². The van der Waals surface area contributed by atoms with Crippen LogP contribution in [0.4, 0.5) is 10.7 Å². The molecule has 2 aromatic rings. The number of rotatable bonds is 4. The van der Waals surface area contributed by atoms with Gasteiger partial charge in [0.1, 0.15) is 6.33 Å². The Morgan fingerprint density at radius 2 is 2.19 bits per heavy atom. The van der Waals surface area contributed by atoms with E-state index in [0.717, 1.165) is 22.6 Å². The first kappa shape index (κ1) is 10.5. The Kier molecular flexibility index (Phi) is 3.06. The summed E-state index contributed by atoms with van der Waals surface area (Å²) in [6.07, 6.45) is 4.74. The highest BCUT2D eigenvalue weighted by Gasteiger charge is 2.08. The number of hydrogen-bond donors (Lipinski definition) is 1. The van der Waals surface area contributed by atoms with Gasteiger partial charge in [-0.25, -0.2) is 9.97 Å². The van der Waals surface area contributed by atoms with Crippen LogP contribution in [0.15, 0.2) is 30.2 Å². The maximum Gasteiger partial charge on any atom is 0.324 e. The second-order valence-corrected chi connectivity index (χ2v) is 3.92. The molecule has 0 unspecified atom stereocenters. The van der Waals surface area contributed by atoms with Crippen LogP contribution in [-0.4, -0.2) is 14.9 Å². The van der Waals surface area contributed by atoms with E-state index in [1.54, 1.807) is 23.8 Å². The van der Waals surface area contributed by atoms with Crippen molar-refractivity contribution in [3.05, 3.63) is 45.8 Å². The van der Waals surface area contributed by atoms with E-state index in [2.05, 4.69) is 15.3 Å².